The highest BCUT2D eigenvalue weighted by Crippen LogP contribution is 2.24. The van der Waals surface area contributed by atoms with Crippen LogP contribution in [-0.2, 0) is 23.2 Å². The van der Waals surface area contributed by atoms with E-state index in [1.54, 1.807) is 22.6 Å². The molecule has 1 saturated heterocycles. The molecule has 0 saturated carbocycles. The molecule has 1 unspecified atom stereocenters. The van der Waals surface area contributed by atoms with Crippen molar-refractivity contribution in [1.82, 2.24) is 14.5 Å². The van der Waals surface area contributed by atoms with Crippen molar-refractivity contribution in [2.75, 3.05) is 5.32 Å². The van der Waals surface area contributed by atoms with Gasteiger partial charge in [-0.1, -0.05) is 29.8 Å². The van der Waals surface area contributed by atoms with E-state index in [2.05, 4.69) is 10.3 Å². The van der Waals surface area contributed by atoms with E-state index in [9.17, 15) is 14.0 Å². The Morgan fingerprint density at radius 2 is 2.00 bits per heavy atom. The van der Waals surface area contributed by atoms with Crippen LogP contribution in [0, 0.1) is 12.7 Å². The molecule has 2 heterocycles. The van der Waals surface area contributed by atoms with Gasteiger partial charge in [0.05, 0.1) is 11.0 Å². The minimum atomic E-state index is -0.551. The number of benzene rings is 2. The molecule has 4 rings (SSSR count). The highest BCUT2D eigenvalue weighted by molar-refractivity contribution is 5.99. The Hall–Kier alpha value is -3.22. The zero-order chi connectivity index (χ0) is 19.8. The number of carbonyl (C=O) groups is 2. The summed E-state index contributed by atoms with van der Waals surface area (Å²) in [6, 6.07) is 11.7. The highest BCUT2D eigenvalue weighted by Gasteiger charge is 2.36. The van der Waals surface area contributed by atoms with Crippen LogP contribution in [0.5, 0.6) is 0 Å². The summed E-state index contributed by atoms with van der Waals surface area (Å²) in [6.07, 6.45) is 0.812. The maximum Gasteiger partial charge on any atom is 0.249 e. The van der Waals surface area contributed by atoms with Crippen LogP contribution in [0.4, 0.5) is 10.3 Å². The van der Waals surface area contributed by atoms with Gasteiger partial charge in [-0.15, -0.1) is 0 Å². The van der Waals surface area contributed by atoms with Crippen LogP contribution in [0.3, 0.4) is 0 Å². The van der Waals surface area contributed by atoms with E-state index >= 15 is 0 Å². The molecule has 2 amide bonds. The van der Waals surface area contributed by atoms with Crippen molar-refractivity contribution in [2.24, 2.45) is 7.05 Å². The number of hydrogen-bond donors (Lipinski definition) is 1. The predicted octanol–water partition coefficient (Wildman–Crippen LogP) is 3.15. The fraction of sp³-hybridized carbons (Fsp3) is 0.286. The third-order valence-corrected chi connectivity index (χ3v) is 5.18. The number of halogens is 1. The SMILES string of the molecule is Cc1ccc(CN2C(=O)CCC2C(=O)Nc2nc3cc(F)ccc3n2C)cc1. The number of amides is 2. The smallest absolute Gasteiger partial charge is 0.249 e. The maximum absolute atomic E-state index is 13.4. The number of nitrogens with one attached hydrogen (secondary N) is 1. The first-order chi connectivity index (χ1) is 13.4. The highest BCUT2D eigenvalue weighted by atomic mass is 19.1. The molecule has 28 heavy (non-hydrogen) atoms. The van der Waals surface area contributed by atoms with Crippen LogP contribution in [0.2, 0.25) is 0 Å². The first-order valence-corrected chi connectivity index (χ1v) is 9.20. The quantitative estimate of drug-likeness (QED) is 0.756. The Balaban J connectivity index is 1.54. The van der Waals surface area contributed by atoms with Gasteiger partial charge in [-0.2, -0.15) is 0 Å². The van der Waals surface area contributed by atoms with E-state index in [-0.39, 0.29) is 17.6 Å². The molecule has 0 bridgehead atoms. The molecule has 2 aromatic carbocycles. The van der Waals surface area contributed by atoms with E-state index in [1.165, 1.54) is 12.1 Å². The summed E-state index contributed by atoms with van der Waals surface area (Å²) in [5.74, 6) is -0.362. The monoisotopic (exact) mass is 380 g/mol. The van der Waals surface area contributed by atoms with Crippen LogP contribution < -0.4 is 5.32 Å². The Morgan fingerprint density at radius 3 is 2.75 bits per heavy atom. The lowest BCUT2D eigenvalue weighted by molar-refractivity contribution is -0.133. The van der Waals surface area contributed by atoms with Gasteiger partial charge in [0.1, 0.15) is 11.9 Å². The van der Waals surface area contributed by atoms with Crippen LogP contribution in [0.15, 0.2) is 42.5 Å². The van der Waals surface area contributed by atoms with Crippen molar-refractivity contribution in [1.29, 1.82) is 0 Å². The molecule has 1 aliphatic rings. The van der Waals surface area contributed by atoms with Crippen LogP contribution in [0.1, 0.15) is 24.0 Å². The number of anilines is 1. The van der Waals surface area contributed by atoms with Crippen LogP contribution in [-0.4, -0.2) is 32.3 Å². The van der Waals surface area contributed by atoms with E-state index in [0.29, 0.717) is 30.9 Å². The number of aromatic nitrogens is 2. The van der Waals surface area contributed by atoms with Gasteiger partial charge < -0.3 is 9.47 Å². The molecule has 7 heteroatoms. The lowest BCUT2D eigenvalue weighted by Crippen LogP contribution is -2.41. The van der Waals surface area contributed by atoms with Gasteiger partial charge in [-0.05, 0) is 31.0 Å². The molecule has 6 nitrogen and oxygen atoms in total. The Labute approximate surface area is 162 Å². The fourth-order valence-electron chi connectivity index (χ4n) is 3.57. The normalized spacial score (nSPS) is 16.8. The Morgan fingerprint density at radius 1 is 1.25 bits per heavy atom. The summed E-state index contributed by atoms with van der Waals surface area (Å²) in [7, 11) is 1.76. The standard InChI is InChI=1S/C21H21FN4O2/c1-13-3-5-14(6-4-13)12-26-18(9-10-19(26)27)20(28)24-21-23-16-11-15(22)7-8-17(16)25(21)2/h3-8,11,18H,9-10,12H2,1-2H3,(H,23,24,28). The van der Waals surface area contributed by atoms with Crippen molar-refractivity contribution >= 4 is 28.8 Å². The zero-order valence-corrected chi connectivity index (χ0v) is 15.8. The first kappa shape index (κ1) is 18.2. The maximum atomic E-state index is 13.4. The number of fused-ring (bicyclic) bond motifs is 1. The van der Waals surface area contributed by atoms with Gasteiger partial charge in [0.25, 0.3) is 0 Å². The van der Waals surface area contributed by atoms with Crippen molar-refractivity contribution < 1.29 is 14.0 Å². The molecule has 3 aromatic rings. The largest absolute Gasteiger partial charge is 0.326 e. The molecule has 0 aliphatic carbocycles. The summed E-state index contributed by atoms with van der Waals surface area (Å²) in [6.45, 7) is 2.40. The van der Waals surface area contributed by atoms with E-state index in [1.807, 2.05) is 31.2 Å². The lowest BCUT2D eigenvalue weighted by Gasteiger charge is -2.24. The fourth-order valence-corrected chi connectivity index (χ4v) is 3.57. The Kier molecular flexibility index (Phi) is 4.58. The van der Waals surface area contributed by atoms with Crippen LogP contribution >= 0.6 is 0 Å². The average molecular weight is 380 g/mol. The topological polar surface area (TPSA) is 67.2 Å². The second-order valence-electron chi connectivity index (χ2n) is 7.18. The Bertz CT molecular complexity index is 1060. The number of likely N-dealkylation sites (tertiary alicyclic amines) is 1. The molecule has 0 spiro atoms. The summed E-state index contributed by atoms with van der Waals surface area (Å²) in [5.41, 5.74) is 3.31. The third kappa shape index (κ3) is 3.35. The van der Waals surface area contributed by atoms with E-state index in [4.69, 9.17) is 0 Å². The second-order valence-corrected chi connectivity index (χ2v) is 7.18. The minimum Gasteiger partial charge on any atom is -0.326 e. The van der Waals surface area contributed by atoms with Crippen molar-refractivity contribution in [2.45, 2.75) is 32.4 Å². The zero-order valence-electron chi connectivity index (χ0n) is 15.8. The first-order valence-electron chi connectivity index (χ1n) is 9.20. The van der Waals surface area contributed by atoms with E-state index in [0.717, 1.165) is 16.6 Å². The van der Waals surface area contributed by atoms with E-state index < -0.39 is 6.04 Å². The molecule has 1 fully saturated rings. The minimum absolute atomic E-state index is 0.0344. The summed E-state index contributed by atoms with van der Waals surface area (Å²) >= 11 is 0. The van der Waals surface area contributed by atoms with Crippen LogP contribution in [0.25, 0.3) is 11.0 Å². The number of nitrogens with zero attached hydrogens (tertiary/aromatic N) is 3. The molecule has 0 radical (unpaired) electrons. The summed E-state index contributed by atoms with van der Waals surface area (Å²) < 4.78 is 15.1. The number of hydrogen-bond acceptors (Lipinski definition) is 3. The molecule has 144 valence electrons. The second kappa shape index (κ2) is 7.07. The van der Waals surface area contributed by atoms with Gasteiger partial charge in [0.15, 0.2) is 0 Å². The van der Waals surface area contributed by atoms with Gasteiger partial charge in [0, 0.05) is 26.1 Å². The summed E-state index contributed by atoms with van der Waals surface area (Å²) in [5, 5.41) is 2.80. The van der Waals surface area contributed by atoms with Gasteiger partial charge >= 0.3 is 0 Å². The molecular weight excluding hydrogens is 359 g/mol. The van der Waals surface area contributed by atoms with Crippen molar-refractivity contribution in [3.8, 4) is 0 Å². The lowest BCUT2D eigenvalue weighted by atomic mass is 10.1. The third-order valence-electron chi connectivity index (χ3n) is 5.18. The summed E-state index contributed by atoms with van der Waals surface area (Å²) in [4.78, 5) is 31.1. The van der Waals surface area contributed by atoms with Gasteiger partial charge in [0.2, 0.25) is 17.8 Å². The average Bonchev–Trinajstić information content (AvgIpc) is 3.17. The molecule has 1 N–H and O–H groups in total. The number of rotatable bonds is 4. The molecule has 1 aromatic heterocycles. The van der Waals surface area contributed by atoms with Gasteiger partial charge in [-0.25, -0.2) is 9.37 Å². The number of aryl methyl sites for hydroxylation is 2. The molecular formula is C21H21FN4O2. The van der Waals surface area contributed by atoms with Gasteiger partial charge in [-0.3, -0.25) is 14.9 Å². The number of imidazole rings is 1. The molecule has 1 atom stereocenters. The number of carbonyl (C=O) groups excluding carboxylic acids is 2. The van der Waals surface area contributed by atoms with Crippen molar-refractivity contribution in [3.63, 3.8) is 0 Å². The predicted molar refractivity (Wildman–Crippen MR) is 104 cm³/mol. The molecule has 1 aliphatic heterocycles. The van der Waals surface area contributed by atoms with Crippen molar-refractivity contribution in [3.05, 3.63) is 59.4 Å².